The average molecular weight is 813 g/mol. The number of H-pyrrole nitrogens is 1. The van der Waals surface area contributed by atoms with Gasteiger partial charge in [0.1, 0.15) is 29.5 Å². The highest BCUT2D eigenvalue weighted by molar-refractivity contribution is 6.30. The molecular weight excluding hydrogens is 760 g/mol. The normalized spacial score (nSPS) is 16.0. The Bertz CT molecular complexity index is 2040. The van der Waals surface area contributed by atoms with Crippen molar-refractivity contribution in [3.05, 3.63) is 107 Å². The quantitative estimate of drug-likeness (QED) is 0.0591. The van der Waals surface area contributed by atoms with Crippen LogP contribution in [0.4, 0.5) is 4.79 Å². The van der Waals surface area contributed by atoms with E-state index in [-0.39, 0.29) is 38.9 Å². The van der Waals surface area contributed by atoms with E-state index in [4.69, 9.17) is 17.3 Å². The van der Waals surface area contributed by atoms with Crippen LogP contribution in [-0.2, 0) is 43.4 Å². The van der Waals surface area contributed by atoms with Crippen LogP contribution < -0.4 is 32.3 Å². The number of benzene rings is 3. The number of rotatable bonds is 18. The average Bonchev–Trinajstić information content (AvgIpc) is 3.63. The summed E-state index contributed by atoms with van der Waals surface area (Å²) in [7, 11) is 0. The van der Waals surface area contributed by atoms with Gasteiger partial charge in [0.15, 0.2) is 0 Å². The highest BCUT2D eigenvalue weighted by Gasteiger charge is 2.38. The third-order valence-electron chi connectivity index (χ3n) is 10.3. The predicted molar refractivity (Wildman–Crippen MR) is 222 cm³/mol. The van der Waals surface area contributed by atoms with E-state index in [0.717, 1.165) is 33.2 Å². The number of para-hydroxylation sites is 1. The summed E-state index contributed by atoms with van der Waals surface area (Å²) in [5, 5.41) is 14.0. The Morgan fingerprint density at radius 1 is 0.793 bits per heavy atom. The van der Waals surface area contributed by atoms with Gasteiger partial charge in [-0.2, -0.15) is 0 Å². The van der Waals surface area contributed by atoms with Gasteiger partial charge in [0.05, 0.1) is 0 Å². The molecule has 15 heteroatoms. The van der Waals surface area contributed by atoms with Gasteiger partial charge in [-0.25, -0.2) is 4.79 Å². The van der Waals surface area contributed by atoms with Gasteiger partial charge in [-0.15, -0.1) is 11.6 Å². The number of urea groups is 1. The standard InChI is InChI=1S/C43H53ClN8O6/c1-27-17-19-30(20-18-27)25-48-39(54)34(15-10-21-46-43(45)58)49-40(55)35(24-31-26-47-33-14-7-6-13-32(31)33)50-41(56)37-16-8-9-22-52(37)42(57)36(51-38(53)28(2)44)23-29-11-4-3-5-12-29/h3-7,11-14,17-20,26,28,34-37,47H,8-10,15-16,21-25H2,1-2H3,(H,48,54)(H,49,55)(H,50,56)(H,51,53)(H3,45,46,58)/t28?,34-,35-,36-,37-/m0/s1. The van der Waals surface area contributed by atoms with Crippen LogP contribution in [0.1, 0.15) is 61.3 Å². The number of likely N-dealkylation sites (tertiary alicyclic amines) is 1. The van der Waals surface area contributed by atoms with Gasteiger partial charge in [0.2, 0.25) is 29.5 Å². The maximum Gasteiger partial charge on any atom is 0.312 e. The molecule has 5 atom stereocenters. The second-order valence-electron chi connectivity index (χ2n) is 14.7. The van der Waals surface area contributed by atoms with E-state index in [1.54, 1.807) is 6.20 Å². The molecule has 0 aliphatic carbocycles. The Balaban J connectivity index is 1.38. The summed E-state index contributed by atoms with van der Waals surface area (Å²) in [5.74, 6) is -2.51. The van der Waals surface area contributed by atoms with Crippen LogP contribution in [0.15, 0.2) is 85.1 Å². The molecule has 3 aromatic carbocycles. The number of aromatic nitrogens is 1. The molecule has 14 nitrogen and oxygen atoms in total. The molecule has 1 aliphatic heterocycles. The number of carbonyl (C=O) groups is 6. The van der Waals surface area contributed by atoms with Gasteiger partial charge in [0.25, 0.3) is 0 Å². The zero-order chi connectivity index (χ0) is 41.6. The molecule has 0 spiro atoms. The van der Waals surface area contributed by atoms with Crippen LogP contribution in [0.5, 0.6) is 0 Å². The first-order chi connectivity index (χ1) is 27.9. The number of halogens is 1. The summed E-state index contributed by atoms with van der Waals surface area (Å²) >= 11 is 6.09. The molecule has 1 aromatic heterocycles. The zero-order valence-electron chi connectivity index (χ0n) is 32.9. The summed E-state index contributed by atoms with van der Waals surface area (Å²) in [6.07, 6.45) is 4.19. The Labute approximate surface area is 343 Å². The number of primary amides is 1. The topological polar surface area (TPSA) is 208 Å². The van der Waals surface area contributed by atoms with Crippen LogP contribution >= 0.6 is 11.6 Å². The Kier molecular flexibility index (Phi) is 15.7. The van der Waals surface area contributed by atoms with Crippen molar-refractivity contribution in [3.8, 4) is 0 Å². The summed E-state index contributed by atoms with van der Waals surface area (Å²) in [6.45, 7) is 4.17. The van der Waals surface area contributed by atoms with Crippen molar-refractivity contribution in [2.75, 3.05) is 13.1 Å². The van der Waals surface area contributed by atoms with Crippen molar-refractivity contribution in [2.45, 2.75) is 94.9 Å². The summed E-state index contributed by atoms with van der Waals surface area (Å²) in [4.78, 5) is 85.5. The van der Waals surface area contributed by atoms with Crippen LogP contribution in [-0.4, -0.2) is 88.1 Å². The molecular formula is C43H53ClN8O6. The molecule has 308 valence electrons. The van der Waals surface area contributed by atoms with Crippen molar-refractivity contribution < 1.29 is 28.8 Å². The van der Waals surface area contributed by atoms with Crippen LogP contribution in [0.25, 0.3) is 10.9 Å². The smallest absolute Gasteiger partial charge is 0.312 e. The number of aromatic amines is 1. The summed E-state index contributed by atoms with van der Waals surface area (Å²) in [5.41, 5.74) is 9.62. The number of nitrogens with zero attached hydrogens (tertiary/aromatic N) is 1. The number of hydrogen-bond acceptors (Lipinski definition) is 6. The van der Waals surface area contributed by atoms with E-state index in [1.165, 1.54) is 11.8 Å². The van der Waals surface area contributed by atoms with E-state index >= 15 is 0 Å². The minimum Gasteiger partial charge on any atom is -0.361 e. The number of alkyl halides is 1. The monoisotopic (exact) mass is 812 g/mol. The third-order valence-corrected chi connectivity index (χ3v) is 10.5. The maximum atomic E-state index is 14.4. The summed E-state index contributed by atoms with van der Waals surface area (Å²) in [6, 6.07) is 19.7. The van der Waals surface area contributed by atoms with E-state index in [0.29, 0.717) is 25.7 Å². The third kappa shape index (κ3) is 12.3. The van der Waals surface area contributed by atoms with Crippen LogP contribution in [0, 0.1) is 6.92 Å². The second-order valence-corrected chi connectivity index (χ2v) is 15.4. The molecule has 5 rings (SSSR count). The zero-order valence-corrected chi connectivity index (χ0v) is 33.6. The van der Waals surface area contributed by atoms with Crippen molar-refractivity contribution >= 4 is 58.1 Å². The van der Waals surface area contributed by atoms with Gasteiger partial charge >= 0.3 is 6.03 Å². The fraction of sp³-hybridized carbons (Fsp3) is 0.395. The number of aryl methyl sites for hydroxylation is 1. The Hall–Kier alpha value is -5.89. The second kappa shape index (κ2) is 21.0. The van der Waals surface area contributed by atoms with Crippen molar-refractivity contribution in [1.29, 1.82) is 0 Å². The first kappa shape index (κ1) is 43.2. The molecule has 4 aromatic rings. The van der Waals surface area contributed by atoms with E-state index < -0.39 is 65.1 Å². The van der Waals surface area contributed by atoms with Crippen molar-refractivity contribution in [3.63, 3.8) is 0 Å². The van der Waals surface area contributed by atoms with Gasteiger partial charge in [-0.3, -0.25) is 24.0 Å². The first-order valence-electron chi connectivity index (χ1n) is 19.7. The number of nitrogens with two attached hydrogens (primary N) is 1. The van der Waals surface area contributed by atoms with E-state index in [9.17, 15) is 28.8 Å². The molecule has 7 amide bonds. The largest absolute Gasteiger partial charge is 0.361 e. The number of carbonyl (C=O) groups excluding carboxylic acids is 6. The lowest BCUT2D eigenvalue weighted by atomic mass is 9.97. The van der Waals surface area contributed by atoms with Gasteiger partial charge in [-0.05, 0) is 68.7 Å². The maximum absolute atomic E-state index is 14.4. The molecule has 1 saturated heterocycles. The van der Waals surface area contributed by atoms with E-state index in [1.807, 2.05) is 85.8 Å². The minimum atomic E-state index is -1.15. The van der Waals surface area contributed by atoms with Crippen molar-refractivity contribution in [1.82, 2.24) is 36.5 Å². The molecule has 0 bridgehead atoms. The molecule has 1 unspecified atom stereocenters. The van der Waals surface area contributed by atoms with Gasteiger partial charge < -0.3 is 42.2 Å². The Morgan fingerprint density at radius 3 is 2.22 bits per heavy atom. The number of amides is 7. The fourth-order valence-electron chi connectivity index (χ4n) is 7.08. The number of nitrogens with one attached hydrogen (secondary N) is 6. The van der Waals surface area contributed by atoms with Gasteiger partial charge in [-0.1, -0.05) is 78.4 Å². The molecule has 0 saturated carbocycles. The Morgan fingerprint density at radius 2 is 1.50 bits per heavy atom. The van der Waals surface area contributed by atoms with Crippen LogP contribution in [0.2, 0.25) is 0 Å². The lowest BCUT2D eigenvalue weighted by molar-refractivity contribution is -0.145. The molecule has 1 fully saturated rings. The first-order valence-corrected chi connectivity index (χ1v) is 20.1. The number of fused-ring (bicyclic) bond motifs is 1. The lowest BCUT2D eigenvalue weighted by Gasteiger charge is -2.38. The molecule has 8 N–H and O–H groups in total. The lowest BCUT2D eigenvalue weighted by Crippen LogP contribution is -2.61. The SMILES string of the molecule is Cc1ccc(CNC(=O)[C@H](CCCNC(N)=O)NC(=O)[C@H](Cc2c[nH]c3ccccc23)NC(=O)[C@@H]2CCCCN2C(=O)[C@H](Cc2ccccc2)NC(=O)C(C)Cl)cc1. The molecule has 2 heterocycles. The van der Waals surface area contributed by atoms with Crippen LogP contribution in [0.3, 0.4) is 0 Å². The van der Waals surface area contributed by atoms with Gasteiger partial charge in [0, 0.05) is 49.6 Å². The summed E-state index contributed by atoms with van der Waals surface area (Å²) < 4.78 is 0. The number of piperidine rings is 1. The highest BCUT2D eigenvalue weighted by Crippen LogP contribution is 2.22. The number of hydrogen-bond donors (Lipinski definition) is 7. The minimum absolute atomic E-state index is 0.0729. The van der Waals surface area contributed by atoms with E-state index in [2.05, 4.69) is 31.6 Å². The molecule has 1 aliphatic rings. The molecule has 0 radical (unpaired) electrons. The molecule has 58 heavy (non-hydrogen) atoms. The fourth-order valence-corrected chi connectivity index (χ4v) is 7.14. The highest BCUT2D eigenvalue weighted by atomic mass is 35.5. The van der Waals surface area contributed by atoms with Crippen molar-refractivity contribution in [2.24, 2.45) is 5.73 Å². The predicted octanol–water partition coefficient (Wildman–Crippen LogP) is 3.49.